The number of fused-ring (bicyclic) bond motifs is 5. The Morgan fingerprint density at radius 1 is 0.438 bits per heavy atom. The van der Waals surface area contributed by atoms with Crippen LogP contribution >= 0.6 is 35.7 Å². The van der Waals surface area contributed by atoms with Crippen molar-refractivity contribution in [2.24, 2.45) is 0 Å². The monoisotopic (exact) mass is 2210 g/mol. The maximum Gasteiger partial charge on any atom is 0.211 e. The van der Waals surface area contributed by atoms with Crippen molar-refractivity contribution >= 4 is 196 Å². The second-order valence-corrected chi connectivity index (χ2v) is 43.0. The van der Waals surface area contributed by atoms with Crippen LogP contribution in [0.3, 0.4) is 0 Å². The Morgan fingerprint density at radius 2 is 0.863 bits per heavy atom. The molecule has 0 spiro atoms. The fourth-order valence-corrected chi connectivity index (χ4v) is 20.7. The fraction of sp³-hybridized carbons (Fsp3) is 0.114. The molecule has 146 heavy (non-hydrogen) atoms. The number of aryl methyl sites for hydroxylation is 1. The zero-order valence-electron chi connectivity index (χ0n) is 77.4. The zero-order valence-corrected chi connectivity index (χ0v) is 86.8. The van der Waals surface area contributed by atoms with Gasteiger partial charge in [0.2, 0.25) is 17.4 Å². The number of halogens is 11. The van der Waals surface area contributed by atoms with Crippen molar-refractivity contribution in [3.05, 3.63) is 403 Å². The molecule has 1 aliphatic heterocycles. The molecule has 1 saturated heterocycles. The smallest absolute Gasteiger partial charge is 0.211 e. The normalized spacial score (nSPS) is 11.7. The molecule has 1 fully saturated rings. The van der Waals surface area contributed by atoms with Crippen LogP contribution < -0.4 is 30.0 Å². The second kappa shape index (κ2) is 58.8. The van der Waals surface area contributed by atoms with Crippen LogP contribution in [0.1, 0.15) is 35.7 Å². The van der Waals surface area contributed by atoms with E-state index in [0.29, 0.717) is 38.9 Å². The summed E-state index contributed by atoms with van der Waals surface area (Å²) in [5.41, 5.74) is 4.19. The highest BCUT2D eigenvalue weighted by Gasteiger charge is 2.32. The first-order valence-corrected chi connectivity index (χ1v) is 54.5. The summed E-state index contributed by atoms with van der Waals surface area (Å²) in [6.45, 7) is 4.82. The minimum Gasteiger partial charge on any atom is -0.744 e. The molecule has 18 rings (SSSR count). The lowest BCUT2D eigenvalue weighted by Gasteiger charge is -2.16. The summed E-state index contributed by atoms with van der Waals surface area (Å²) in [5.74, 6) is -19.9. The Balaban J connectivity index is 0.000000183. The highest BCUT2D eigenvalue weighted by Crippen LogP contribution is 2.44. The highest BCUT2D eigenvalue weighted by atomic mass is 35.5. The third-order valence-corrected chi connectivity index (χ3v) is 30.5. The molecule has 0 bridgehead atoms. The number of methoxy groups -OCH3 is 2. The summed E-state index contributed by atoms with van der Waals surface area (Å²) >= 11 is 15.5. The maximum absolute atomic E-state index is 12.6. The average Bonchev–Trinajstić information content (AvgIpc) is 1.02. The van der Waals surface area contributed by atoms with Crippen LogP contribution in [0.2, 0.25) is 0 Å². The first-order valence-electron chi connectivity index (χ1n) is 42.8. The second-order valence-electron chi connectivity index (χ2n) is 30.1. The minimum atomic E-state index is -5.77. The number of hydrogen-bond acceptors (Lipinski definition) is 22. The Labute approximate surface area is 870 Å². The fourth-order valence-electron chi connectivity index (χ4n) is 13.4. The minimum absolute atomic E-state index is 0.225. The van der Waals surface area contributed by atoms with Gasteiger partial charge in [0, 0.05) is 76.3 Å². The number of ether oxygens (including phenoxy) is 3. The molecular formula is C105H90ClF10NO19S10. The molecule has 0 radical (unpaired) electrons. The molecule has 17 aromatic rings. The number of anilines is 2. The van der Waals surface area contributed by atoms with E-state index in [-0.39, 0.29) is 15.8 Å². The van der Waals surface area contributed by atoms with E-state index >= 15 is 0 Å². The first kappa shape index (κ1) is 118. The van der Waals surface area contributed by atoms with E-state index in [2.05, 4.69) is 135 Å². The summed E-state index contributed by atoms with van der Waals surface area (Å²) in [6.07, 6.45) is 4.80. The van der Waals surface area contributed by atoms with Crippen molar-refractivity contribution < 1.29 is 131 Å². The van der Waals surface area contributed by atoms with E-state index in [0.717, 1.165) is 122 Å². The van der Waals surface area contributed by atoms with Crippen LogP contribution in [0.25, 0.3) is 53.9 Å². The van der Waals surface area contributed by atoms with Gasteiger partial charge in [-0.2, -0.15) is 8.67 Å². The lowest BCUT2D eigenvalue weighted by Crippen LogP contribution is -2.17. The van der Waals surface area contributed by atoms with Crippen LogP contribution in [-0.4, -0.2) is 94.2 Å². The number of para-hydroxylation sites is 1. The average molecular weight is 2220 g/mol. The molecule has 0 aliphatic carbocycles. The van der Waals surface area contributed by atoms with Gasteiger partial charge in [-0.1, -0.05) is 211 Å². The Kier molecular flexibility index (Phi) is 47.6. The van der Waals surface area contributed by atoms with Crippen molar-refractivity contribution in [1.82, 2.24) is 0 Å². The number of Topliss-reactive ketones (excluding diaryl/α,β-unsaturated/α-hetero) is 1. The van der Waals surface area contributed by atoms with E-state index in [9.17, 15) is 98.1 Å². The highest BCUT2D eigenvalue weighted by molar-refractivity contribution is 7.98. The predicted octanol–water partition coefficient (Wildman–Crippen LogP) is 23.0. The number of thiol groups is 1. The number of alkyl halides is 1. The van der Waals surface area contributed by atoms with Gasteiger partial charge in [0.25, 0.3) is 0 Å². The number of carbonyl (C=O) groups is 1. The summed E-state index contributed by atoms with van der Waals surface area (Å²) in [4.78, 5) is 14.6. The molecule has 1 atom stereocenters. The molecule has 1 aliphatic rings. The van der Waals surface area contributed by atoms with Crippen LogP contribution in [0.5, 0.6) is 17.2 Å². The number of benzene rings is 17. The van der Waals surface area contributed by atoms with Gasteiger partial charge in [-0.15, -0.1) is 0 Å². The molecule has 1 heterocycles. The third kappa shape index (κ3) is 35.3. The van der Waals surface area contributed by atoms with E-state index in [1.807, 2.05) is 250 Å². The van der Waals surface area contributed by atoms with E-state index in [1.54, 1.807) is 13.2 Å². The number of ketones is 1. The van der Waals surface area contributed by atoms with E-state index in [4.69, 9.17) is 25.8 Å². The Hall–Kier alpha value is -11.6. The summed E-state index contributed by atoms with van der Waals surface area (Å²) in [5, 5.41) is 40.2. The van der Waals surface area contributed by atoms with Gasteiger partial charge >= 0.3 is 0 Å². The zero-order chi connectivity index (χ0) is 106. The molecule has 20 nitrogen and oxygen atoms in total. The van der Waals surface area contributed by atoms with Gasteiger partial charge in [-0.05, 0) is 229 Å². The van der Waals surface area contributed by atoms with Crippen molar-refractivity contribution in [2.45, 2.75) is 75.6 Å². The van der Waals surface area contributed by atoms with Crippen LogP contribution in [-0.2, 0) is 108 Å². The molecule has 41 heteroatoms. The maximum atomic E-state index is 12.6. The predicted molar refractivity (Wildman–Crippen MR) is 557 cm³/mol. The van der Waals surface area contributed by atoms with Gasteiger partial charge in [0.15, 0.2) is 72.2 Å². The molecule has 766 valence electrons. The largest absolute Gasteiger partial charge is 0.744 e. The van der Waals surface area contributed by atoms with Gasteiger partial charge < -0.3 is 43.7 Å². The lowest BCUT2D eigenvalue weighted by atomic mass is 10.0. The number of carbonyl (C=O) groups excluding carboxylic acids is 1. The quantitative estimate of drug-likeness (QED) is 0.00536. The Bertz CT molecular complexity index is 7340. The van der Waals surface area contributed by atoms with Gasteiger partial charge in [0.05, 0.1) is 49.8 Å². The topological polar surface area (TPSA) is 311 Å². The van der Waals surface area contributed by atoms with Gasteiger partial charge in [0.1, 0.15) is 84.9 Å². The summed E-state index contributed by atoms with van der Waals surface area (Å²) < 4.78 is 245. The van der Waals surface area contributed by atoms with Crippen molar-refractivity contribution in [1.29, 1.82) is 0 Å². The standard InChI is InChI=1S/C16H13NO3S.C16H14O5S.C15H16OS.C14H10O3S.C12H15OS.C8H10ClS.2C6HF5O3S.2C6H6S/c18-19-20-21-14-10-9-12-5-4-8-16(15(12)11-14)17-13-6-2-1-3-7-13;1-20-15-11-5-3-4-6-12(11)16(21-2)14-9-10(22(17,18)19)7-8-13(14)15;1-3-16-13-6-10-15(11-7-13)17-14-8-4-12(2)5-9-14;15-16-17-18-14-7-3-6-12-8-10-4-1-2-5-11(10)9-13(12)14;13-12(10-14-8-4-5-9-14)11-6-2-1-3-7-11;1-10(7-9)8-5-3-2-4-6-8;2*7-1-2(8)4(10)6(15(12,13)14)5(11)3(1)9;2*7-6-4-2-1-3-5-6/h1-11,17-18H;3-9H,1-2H3,(H,17,18,19);4-11H,3H2,1-2H3;1-9,15H;1-3,6-7H,4-5,8-10H2;2-6H,7H2,1H3;2*(H,12,13,14);2*1-5,7H/q;;;;2*+1;;;;/p-2. The molecule has 0 aromatic heterocycles. The van der Waals surface area contributed by atoms with E-state index < -0.39 is 98.3 Å². The molecule has 1 unspecified atom stereocenters. The molecular weight excluding hydrogens is 2130 g/mol. The molecule has 1 N–H and O–H groups in total. The van der Waals surface area contributed by atoms with Crippen molar-refractivity contribution in [2.75, 3.05) is 54.9 Å². The van der Waals surface area contributed by atoms with Crippen LogP contribution in [0.15, 0.2) is 383 Å². The van der Waals surface area contributed by atoms with Gasteiger partial charge in [-0.3, -0.25) is 14.9 Å². The SMILES string of the molecule is CCOc1ccc([SH+]c2ccc(C)cc2)cc1.COc1c2ccccc2c(OC)c2cc(S(=O)(=O)[O-])ccc12.C[S+](CCl)c1ccccc1.O=C(C[S+]1CCCC1)c1ccccc1.O=S(=O)([O-])c1c(F)c(F)c(F)c(F)c1F.O=S(=O)([O-])c1c(F)c(F)c(F)c(F)c1F.[O-]OOSc1ccc2cccc(Nc3ccccc3)c2c1.[O-]OOSc1cccc2cc3ccccc3cc12.[SH2+]c1ccccc1.[SH2+]c1ccccc1. The molecule has 17 aromatic carbocycles. The van der Waals surface area contributed by atoms with Crippen LogP contribution in [0, 0.1) is 65.1 Å². The molecule has 0 amide bonds. The van der Waals surface area contributed by atoms with Crippen LogP contribution in [0.4, 0.5) is 55.3 Å². The van der Waals surface area contributed by atoms with E-state index in [1.165, 1.54) is 81.0 Å². The van der Waals surface area contributed by atoms with Gasteiger partial charge in [-0.25, -0.2) is 69.2 Å². The van der Waals surface area contributed by atoms with Crippen molar-refractivity contribution in [3.63, 3.8) is 0 Å². The number of hydrogen-bond donors (Lipinski definition) is 1. The summed E-state index contributed by atoms with van der Waals surface area (Å²) in [6, 6.07) is 109. The first-order chi connectivity index (χ1) is 69.8. The number of nitrogens with one attached hydrogen (secondary N) is 1. The Morgan fingerprint density at radius 3 is 1.33 bits per heavy atom. The van der Waals surface area contributed by atoms with Crippen molar-refractivity contribution in [3.8, 4) is 17.2 Å². The summed E-state index contributed by atoms with van der Waals surface area (Å²) in [7, 11) is -12.4. The third-order valence-electron chi connectivity index (χ3n) is 20.2. The molecule has 0 saturated carbocycles. The number of rotatable bonds is 22. The lowest BCUT2D eigenvalue weighted by molar-refractivity contribution is -0.777.